The third-order valence-corrected chi connectivity index (χ3v) is 8.21. The fraction of sp³-hybridized carbons (Fsp3) is 0.519. The number of amides is 1. The average Bonchev–Trinajstić information content (AvgIpc) is 3.62. The number of carbonyl (C=O) groups excluding carboxylic acids is 1. The molecule has 0 aromatic heterocycles. The van der Waals surface area contributed by atoms with E-state index in [0.29, 0.717) is 24.9 Å². The van der Waals surface area contributed by atoms with Crippen LogP contribution in [-0.4, -0.2) is 64.2 Å². The number of likely N-dealkylation sites (tertiary alicyclic amines) is 1. The van der Waals surface area contributed by atoms with E-state index in [-0.39, 0.29) is 17.7 Å². The molecule has 32 heavy (non-hydrogen) atoms. The van der Waals surface area contributed by atoms with Crippen molar-refractivity contribution in [2.75, 3.05) is 26.7 Å². The van der Waals surface area contributed by atoms with Crippen LogP contribution >= 0.6 is 0 Å². The predicted molar refractivity (Wildman–Crippen MR) is 125 cm³/mol. The van der Waals surface area contributed by atoms with Crippen LogP contribution in [0.3, 0.4) is 0 Å². The molecule has 3 atom stereocenters. The van der Waals surface area contributed by atoms with Gasteiger partial charge < -0.3 is 20.0 Å². The maximum atomic E-state index is 13.2. The zero-order chi connectivity index (χ0) is 22.3. The van der Waals surface area contributed by atoms with Crippen LogP contribution in [0.5, 0.6) is 5.75 Å². The summed E-state index contributed by atoms with van der Waals surface area (Å²) in [6.45, 7) is 2.69. The van der Waals surface area contributed by atoms with Crippen molar-refractivity contribution in [2.24, 2.45) is 5.92 Å². The van der Waals surface area contributed by atoms with E-state index < -0.39 is 11.0 Å². The number of aliphatic hydroxyl groups is 1. The van der Waals surface area contributed by atoms with Gasteiger partial charge in [-0.1, -0.05) is 30.3 Å². The van der Waals surface area contributed by atoms with E-state index in [2.05, 4.69) is 4.90 Å². The van der Waals surface area contributed by atoms with Crippen LogP contribution < -0.4 is 0 Å². The minimum absolute atomic E-state index is 0.0262. The number of carbonyl (C=O) groups is 1. The molecule has 5 heteroatoms. The van der Waals surface area contributed by atoms with Crippen LogP contribution in [0.1, 0.15) is 54.4 Å². The quantitative estimate of drug-likeness (QED) is 0.751. The Morgan fingerprint density at radius 3 is 2.59 bits per heavy atom. The first-order valence-electron chi connectivity index (χ1n) is 12.0. The molecule has 2 N–H and O–H groups in total. The standard InChI is InChI=1S/C27H34N2O3/c1-28(25(31)21-6-3-2-4-7-21)23-12-13-27(32)19-29(18-20-10-11-20)15-14-26(27,17-23)22-8-5-9-24(30)16-22/h2-9,16,20,23,30,32H,10-15,17-19H2,1H3/t23-,26?,27?/m0/s1. The molecule has 170 valence electrons. The lowest BCUT2D eigenvalue weighted by Crippen LogP contribution is -2.67. The first-order chi connectivity index (χ1) is 15.4. The number of benzene rings is 2. The number of piperidine rings is 1. The molecule has 5 rings (SSSR count). The van der Waals surface area contributed by atoms with Gasteiger partial charge in [0.15, 0.2) is 0 Å². The van der Waals surface area contributed by atoms with Gasteiger partial charge >= 0.3 is 0 Å². The number of nitrogens with zero attached hydrogens (tertiary/aromatic N) is 2. The molecule has 1 amide bonds. The molecule has 2 aromatic rings. The smallest absolute Gasteiger partial charge is 0.253 e. The van der Waals surface area contributed by atoms with Crippen molar-refractivity contribution in [1.82, 2.24) is 9.80 Å². The third-order valence-electron chi connectivity index (χ3n) is 8.21. The highest BCUT2D eigenvalue weighted by Crippen LogP contribution is 2.53. The number of β-amino-alcohol motifs (C(OH)–C–C–N with tert-alkyl or cyclic N) is 1. The zero-order valence-electron chi connectivity index (χ0n) is 18.9. The fourth-order valence-corrected chi connectivity index (χ4v) is 6.14. The number of hydrogen-bond acceptors (Lipinski definition) is 4. The van der Waals surface area contributed by atoms with E-state index in [0.717, 1.165) is 37.4 Å². The summed E-state index contributed by atoms with van der Waals surface area (Å²) < 4.78 is 0. The third kappa shape index (κ3) is 3.82. The Morgan fingerprint density at radius 2 is 1.88 bits per heavy atom. The highest BCUT2D eigenvalue weighted by atomic mass is 16.3. The van der Waals surface area contributed by atoms with Crippen molar-refractivity contribution in [2.45, 2.75) is 55.6 Å². The lowest BCUT2D eigenvalue weighted by atomic mass is 9.55. The summed E-state index contributed by atoms with van der Waals surface area (Å²) in [6.07, 6.45) is 5.59. The predicted octanol–water partition coefficient (Wildman–Crippen LogP) is 3.80. The van der Waals surface area contributed by atoms with Crippen molar-refractivity contribution >= 4 is 5.91 Å². The largest absolute Gasteiger partial charge is 0.508 e. The van der Waals surface area contributed by atoms with E-state index in [1.165, 1.54) is 12.8 Å². The van der Waals surface area contributed by atoms with E-state index in [9.17, 15) is 15.0 Å². The molecule has 0 bridgehead atoms. The Morgan fingerprint density at radius 1 is 1.09 bits per heavy atom. The molecule has 3 fully saturated rings. The van der Waals surface area contributed by atoms with Gasteiger partial charge in [0.1, 0.15) is 5.75 Å². The van der Waals surface area contributed by atoms with Crippen molar-refractivity contribution in [3.8, 4) is 5.75 Å². The van der Waals surface area contributed by atoms with E-state index in [1.54, 1.807) is 6.07 Å². The van der Waals surface area contributed by atoms with Gasteiger partial charge in [0.05, 0.1) is 5.60 Å². The monoisotopic (exact) mass is 434 g/mol. The van der Waals surface area contributed by atoms with E-state index in [4.69, 9.17) is 0 Å². The van der Waals surface area contributed by atoms with Gasteiger partial charge in [-0.05, 0) is 80.8 Å². The van der Waals surface area contributed by atoms with Crippen LogP contribution in [0.2, 0.25) is 0 Å². The summed E-state index contributed by atoms with van der Waals surface area (Å²) >= 11 is 0. The van der Waals surface area contributed by atoms with Gasteiger partial charge in [0, 0.05) is 37.2 Å². The number of aromatic hydroxyl groups is 1. The topological polar surface area (TPSA) is 64.0 Å². The van der Waals surface area contributed by atoms with Crippen LogP contribution in [0.4, 0.5) is 0 Å². The van der Waals surface area contributed by atoms with E-state index >= 15 is 0 Å². The molecule has 1 saturated heterocycles. The SMILES string of the molecule is CN(C(=O)c1ccccc1)[C@H]1CCC2(O)CN(CC3CC3)CCC2(c2cccc(O)c2)C1. The van der Waals surface area contributed by atoms with Gasteiger partial charge in [0.2, 0.25) is 0 Å². The fourth-order valence-electron chi connectivity index (χ4n) is 6.14. The number of fused-ring (bicyclic) bond motifs is 1. The molecule has 1 heterocycles. The summed E-state index contributed by atoms with van der Waals surface area (Å²) in [5.41, 5.74) is 0.360. The molecule has 3 aliphatic rings. The van der Waals surface area contributed by atoms with Gasteiger partial charge in [-0.15, -0.1) is 0 Å². The van der Waals surface area contributed by atoms with Crippen molar-refractivity contribution in [1.29, 1.82) is 0 Å². The Bertz CT molecular complexity index is 976. The molecule has 2 unspecified atom stereocenters. The summed E-state index contributed by atoms with van der Waals surface area (Å²) in [5.74, 6) is 1.05. The second kappa shape index (κ2) is 8.20. The first kappa shape index (κ1) is 21.5. The Hall–Kier alpha value is -2.37. The maximum Gasteiger partial charge on any atom is 0.253 e. The molecule has 2 saturated carbocycles. The lowest BCUT2D eigenvalue weighted by Gasteiger charge is -2.59. The summed E-state index contributed by atoms with van der Waals surface area (Å²) in [4.78, 5) is 17.5. The van der Waals surface area contributed by atoms with Gasteiger partial charge in [-0.2, -0.15) is 0 Å². The minimum atomic E-state index is -0.860. The molecule has 0 radical (unpaired) electrons. The maximum absolute atomic E-state index is 13.2. The number of hydrogen-bond donors (Lipinski definition) is 2. The summed E-state index contributed by atoms with van der Waals surface area (Å²) in [7, 11) is 1.89. The Balaban J connectivity index is 1.45. The number of phenolic OH excluding ortho intramolecular Hbond substituents is 1. The Kier molecular flexibility index (Phi) is 5.50. The molecular formula is C27H34N2O3. The second-order valence-electron chi connectivity index (χ2n) is 10.3. The number of phenols is 1. The molecule has 5 nitrogen and oxygen atoms in total. The number of rotatable bonds is 5. The van der Waals surface area contributed by atoms with Crippen molar-refractivity contribution in [3.63, 3.8) is 0 Å². The molecule has 2 aromatic carbocycles. The zero-order valence-corrected chi connectivity index (χ0v) is 18.9. The van der Waals surface area contributed by atoms with Crippen molar-refractivity contribution in [3.05, 3.63) is 65.7 Å². The van der Waals surface area contributed by atoms with Crippen molar-refractivity contribution < 1.29 is 15.0 Å². The van der Waals surface area contributed by atoms with Gasteiger partial charge in [-0.3, -0.25) is 4.79 Å². The highest BCUT2D eigenvalue weighted by molar-refractivity contribution is 5.94. The average molecular weight is 435 g/mol. The lowest BCUT2D eigenvalue weighted by molar-refractivity contribution is -0.132. The molecular weight excluding hydrogens is 400 g/mol. The summed E-state index contributed by atoms with van der Waals surface area (Å²) in [6, 6.07) is 16.9. The Labute approximate surface area is 190 Å². The minimum Gasteiger partial charge on any atom is -0.508 e. The second-order valence-corrected chi connectivity index (χ2v) is 10.3. The highest BCUT2D eigenvalue weighted by Gasteiger charge is 2.58. The normalized spacial score (nSPS) is 30.5. The summed E-state index contributed by atoms with van der Waals surface area (Å²) in [5, 5.41) is 22.4. The van der Waals surface area contributed by atoms with Crippen LogP contribution in [-0.2, 0) is 5.41 Å². The van der Waals surface area contributed by atoms with Crippen LogP contribution in [0.25, 0.3) is 0 Å². The molecule has 1 aliphatic heterocycles. The molecule has 2 aliphatic carbocycles. The first-order valence-corrected chi connectivity index (χ1v) is 12.0. The van der Waals surface area contributed by atoms with Crippen LogP contribution in [0.15, 0.2) is 54.6 Å². The van der Waals surface area contributed by atoms with Gasteiger partial charge in [0.25, 0.3) is 5.91 Å². The van der Waals surface area contributed by atoms with Gasteiger partial charge in [-0.25, -0.2) is 0 Å². The van der Waals surface area contributed by atoms with E-state index in [1.807, 2.05) is 60.5 Å². The molecule has 0 spiro atoms. The van der Waals surface area contributed by atoms with Crippen LogP contribution in [0, 0.1) is 5.92 Å².